The molecule has 2 N–H and O–H groups in total. The highest BCUT2D eigenvalue weighted by atomic mass is 35.5. The maximum Gasteiger partial charge on any atom is 0.317 e. The lowest BCUT2D eigenvalue weighted by atomic mass is 10.1. The molecule has 1 aromatic carbocycles. The summed E-state index contributed by atoms with van der Waals surface area (Å²) < 4.78 is 0. The lowest BCUT2D eigenvalue weighted by molar-refractivity contribution is 0.114. The van der Waals surface area contributed by atoms with Crippen molar-refractivity contribution in [2.45, 2.75) is 43.7 Å². The molecule has 2 amide bonds. The number of aliphatic hydroxyl groups is 1. The summed E-state index contributed by atoms with van der Waals surface area (Å²) in [6.07, 6.45) is 3.63. The van der Waals surface area contributed by atoms with Gasteiger partial charge in [0.25, 0.3) is 0 Å². The van der Waals surface area contributed by atoms with E-state index in [0.29, 0.717) is 12.5 Å². The van der Waals surface area contributed by atoms with Gasteiger partial charge in [0.2, 0.25) is 0 Å². The number of carbonyl (C=O) groups excluding carboxylic acids is 1. The maximum atomic E-state index is 12.2. The highest BCUT2D eigenvalue weighted by molar-refractivity contribution is 6.30. The van der Waals surface area contributed by atoms with Gasteiger partial charge in [-0.2, -0.15) is 0 Å². The van der Waals surface area contributed by atoms with Crippen molar-refractivity contribution in [3.63, 3.8) is 0 Å². The Kier molecular flexibility index (Phi) is 4.59. The van der Waals surface area contributed by atoms with Crippen LogP contribution in [0.3, 0.4) is 0 Å². The van der Waals surface area contributed by atoms with Crippen LogP contribution in [0, 0.1) is 5.92 Å². The third-order valence-electron chi connectivity index (χ3n) is 4.85. The molecule has 0 radical (unpaired) electrons. The van der Waals surface area contributed by atoms with Gasteiger partial charge < -0.3 is 15.3 Å². The zero-order chi connectivity index (χ0) is 15.7. The zero-order valence-electron chi connectivity index (χ0n) is 12.8. The molecule has 3 rings (SSSR count). The first-order valence-corrected chi connectivity index (χ1v) is 8.37. The highest BCUT2D eigenvalue weighted by Gasteiger charge is 2.40. The van der Waals surface area contributed by atoms with E-state index in [1.54, 1.807) is 11.9 Å². The fourth-order valence-electron chi connectivity index (χ4n) is 3.39. The van der Waals surface area contributed by atoms with E-state index in [1.807, 2.05) is 18.2 Å². The van der Waals surface area contributed by atoms with Crippen LogP contribution in [0.15, 0.2) is 24.3 Å². The number of nitrogens with one attached hydrogen (secondary N) is 1. The molecule has 0 saturated heterocycles. The minimum atomic E-state index is -0.254. The van der Waals surface area contributed by atoms with Gasteiger partial charge in [-0.05, 0) is 37.0 Å². The Labute approximate surface area is 136 Å². The van der Waals surface area contributed by atoms with E-state index < -0.39 is 0 Å². The van der Waals surface area contributed by atoms with Crippen LogP contribution < -0.4 is 5.32 Å². The van der Waals surface area contributed by atoms with E-state index in [1.165, 1.54) is 5.56 Å². The second-order valence-corrected chi connectivity index (χ2v) is 7.03. The van der Waals surface area contributed by atoms with E-state index in [4.69, 9.17) is 11.6 Å². The lowest BCUT2D eigenvalue weighted by Gasteiger charge is -2.23. The molecule has 2 fully saturated rings. The van der Waals surface area contributed by atoms with Gasteiger partial charge in [-0.1, -0.05) is 30.2 Å². The Morgan fingerprint density at radius 3 is 2.95 bits per heavy atom. The van der Waals surface area contributed by atoms with Crippen LogP contribution in [0.5, 0.6) is 0 Å². The third kappa shape index (κ3) is 3.55. The predicted octanol–water partition coefficient (Wildman–Crippen LogP) is 3.00. The van der Waals surface area contributed by atoms with Crippen molar-refractivity contribution in [3.05, 3.63) is 34.9 Å². The van der Waals surface area contributed by atoms with Gasteiger partial charge in [-0.15, -0.1) is 0 Å². The molecule has 4 nitrogen and oxygen atoms in total. The minimum absolute atomic E-state index is 0.0476. The normalized spacial score (nSPS) is 30.1. The lowest BCUT2D eigenvalue weighted by Crippen LogP contribution is -2.42. The molecule has 4 atom stereocenters. The second kappa shape index (κ2) is 6.47. The van der Waals surface area contributed by atoms with E-state index in [0.717, 1.165) is 30.7 Å². The summed E-state index contributed by atoms with van der Waals surface area (Å²) in [6, 6.07) is 7.98. The number of rotatable bonds is 4. The first-order valence-electron chi connectivity index (χ1n) is 7.99. The molecular weight excluding hydrogens is 300 g/mol. The van der Waals surface area contributed by atoms with Gasteiger partial charge in [0, 0.05) is 36.5 Å². The Balaban J connectivity index is 1.48. The van der Waals surface area contributed by atoms with E-state index in [-0.39, 0.29) is 24.1 Å². The molecule has 0 bridgehead atoms. The quantitative estimate of drug-likeness (QED) is 0.895. The summed E-state index contributed by atoms with van der Waals surface area (Å²) >= 11 is 6.01. The van der Waals surface area contributed by atoms with Crippen LogP contribution in [-0.2, 0) is 0 Å². The van der Waals surface area contributed by atoms with E-state index in [9.17, 15) is 9.90 Å². The van der Waals surface area contributed by atoms with Crippen LogP contribution in [0.1, 0.15) is 37.2 Å². The number of nitrogens with zero attached hydrogens (tertiary/aromatic N) is 1. The number of aliphatic hydroxyl groups excluding tert-OH is 1. The Morgan fingerprint density at radius 1 is 1.45 bits per heavy atom. The molecule has 0 spiro atoms. The zero-order valence-corrected chi connectivity index (χ0v) is 13.6. The summed E-state index contributed by atoms with van der Waals surface area (Å²) in [7, 11) is 1.80. The first kappa shape index (κ1) is 15.6. The number of hydrogen-bond donors (Lipinski definition) is 2. The SMILES string of the molecule is CN(CC1CCCC1O)C(=O)NC1CC1c1cccc(Cl)c1. The number of benzene rings is 1. The fraction of sp³-hybridized carbons (Fsp3) is 0.588. The predicted molar refractivity (Wildman–Crippen MR) is 87.1 cm³/mol. The molecular formula is C17H23ClN2O2. The molecule has 5 heteroatoms. The smallest absolute Gasteiger partial charge is 0.317 e. The van der Waals surface area contributed by atoms with Crippen LogP contribution in [0.4, 0.5) is 4.79 Å². The van der Waals surface area contributed by atoms with E-state index >= 15 is 0 Å². The number of amides is 2. The largest absolute Gasteiger partial charge is 0.393 e. The topological polar surface area (TPSA) is 52.6 Å². The van der Waals surface area contributed by atoms with Crippen LogP contribution in [0.2, 0.25) is 5.02 Å². The standard InChI is InChI=1S/C17H23ClN2O2/c1-20(10-12-5-3-7-16(12)21)17(22)19-15-9-14(15)11-4-2-6-13(18)8-11/h2,4,6,8,12,14-16,21H,3,5,7,9-10H2,1H3,(H,19,22). The number of urea groups is 1. The summed E-state index contributed by atoms with van der Waals surface area (Å²) in [4.78, 5) is 13.9. The average molecular weight is 323 g/mol. The number of carbonyl (C=O) groups is 1. The van der Waals surface area contributed by atoms with Crippen molar-refractivity contribution in [3.8, 4) is 0 Å². The molecule has 120 valence electrons. The van der Waals surface area contributed by atoms with Crippen molar-refractivity contribution in [2.24, 2.45) is 5.92 Å². The molecule has 2 saturated carbocycles. The fourth-order valence-corrected chi connectivity index (χ4v) is 3.59. The van der Waals surface area contributed by atoms with Crippen molar-refractivity contribution in [1.29, 1.82) is 0 Å². The van der Waals surface area contributed by atoms with Gasteiger partial charge >= 0.3 is 6.03 Å². The summed E-state index contributed by atoms with van der Waals surface area (Å²) in [6.45, 7) is 0.627. The van der Waals surface area contributed by atoms with Gasteiger partial charge in [0.1, 0.15) is 0 Å². The Morgan fingerprint density at radius 2 is 2.27 bits per heavy atom. The Bertz CT molecular complexity index is 551. The van der Waals surface area contributed by atoms with Gasteiger partial charge in [-0.25, -0.2) is 4.79 Å². The molecule has 2 aliphatic rings. The van der Waals surface area contributed by atoms with Crippen molar-refractivity contribution >= 4 is 17.6 Å². The van der Waals surface area contributed by atoms with Gasteiger partial charge in [0.05, 0.1) is 6.10 Å². The molecule has 2 aliphatic carbocycles. The van der Waals surface area contributed by atoms with E-state index in [2.05, 4.69) is 11.4 Å². The average Bonchev–Trinajstić information content (AvgIpc) is 3.14. The second-order valence-electron chi connectivity index (χ2n) is 6.59. The summed E-state index contributed by atoms with van der Waals surface area (Å²) in [5, 5.41) is 13.7. The Hall–Kier alpha value is -1.26. The van der Waals surface area contributed by atoms with Crippen molar-refractivity contribution in [2.75, 3.05) is 13.6 Å². The maximum absolute atomic E-state index is 12.2. The highest BCUT2D eigenvalue weighted by Crippen LogP contribution is 2.41. The number of halogens is 1. The molecule has 4 unspecified atom stereocenters. The minimum Gasteiger partial charge on any atom is -0.393 e. The van der Waals surface area contributed by atoms with Gasteiger partial charge in [0.15, 0.2) is 0 Å². The van der Waals surface area contributed by atoms with Gasteiger partial charge in [-0.3, -0.25) is 0 Å². The molecule has 22 heavy (non-hydrogen) atoms. The summed E-state index contributed by atoms with van der Waals surface area (Å²) in [5.74, 6) is 0.590. The van der Waals surface area contributed by atoms with Crippen LogP contribution in [-0.4, -0.2) is 41.8 Å². The molecule has 0 aliphatic heterocycles. The molecule has 0 heterocycles. The van der Waals surface area contributed by atoms with Crippen LogP contribution >= 0.6 is 11.6 Å². The monoisotopic (exact) mass is 322 g/mol. The first-order chi connectivity index (χ1) is 10.5. The van der Waals surface area contributed by atoms with Crippen molar-refractivity contribution in [1.82, 2.24) is 10.2 Å². The van der Waals surface area contributed by atoms with Crippen molar-refractivity contribution < 1.29 is 9.90 Å². The third-order valence-corrected chi connectivity index (χ3v) is 5.09. The van der Waals surface area contributed by atoms with Crippen LogP contribution in [0.25, 0.3) is 0 Å². The molecule has 1 aromatic rings. The summed E-state index contributed by atoms with van der Waals surface area (Å²) in [5.41, 5.74) is 1.19. The molecule has 0 aromatic heterocycles. The number of hydrogen-bond acceptors (Lipinski definition) is 2.